The molecule has 5 N–H and O–H groups in total. The van der Waals surface area contributed by atoms with Crippen LogP contribution in [-0.2, 0) is 12.1 Å². The molecule has 0 saturated heterocycles. The minimum absolute atomic E-state index is 0.242. The Kier molecular flexibility index (Phi) is 6.41. The maximum absolute atomic E-state index is 11.1. The third-order valence-electron chi connectivity index (χ3n) is 3.87. The summed E-state index contributed by atoms with van der Waals surface area (Å²) in [5.41, 5.74) is 5.49. The van der Waals surface area contributed by atoms with Gasteiger partial charge < -0.3 is 25.9 Å². The molecule has 0 radical (unpaired) electrons. The molecule has 0 saturated carbocycles. The van der Waals surface area contributed by atoms with Gasteiger partial charge >= 0.3 is 0 Å². The van der Waals surface area contributed by atoms with Gasteiger partial charge in [0, 0.05) is 12.1 Å². The van der Waals surface area contributed by atoms with Crippen LogP contribution in [0.25, 0.3) is 0 Å². The predicted molar refractivity (Wildman–Crippen MR) is 101 cm³/mol. The van der Waals surface area contributed by atoms with Gasteiger partial charge in [0.25, 0.3) is 0 Å². The van der Waals surface area contributed by atoms with Crippen LogP contribution in [0.3, 0.4) is 0 Å². The van der Waals surface area contributed by atoms with Crippen molar-refractivity contribution in [1.82, 2.24) is 10.6 Å². The first kappa shape index (κ1) is 19.5. The number of carbonyl (C=O) groups is 1. The molecule has 7 heteroatoms. The molecule has 1 aromatic carbocycles. The van der Waals surface area contributed by atoms with E-state index in [1.165, 1.54) is 0 Å². The lowest BCUT2D eigenvalue weighted by Crippen LogP contribution is -2.44. The van der Waals surface area contributed by atoms with Crippen molar-refractivity contribution in [2.24, 2.45) is 10.7 Å². The van der Waals surface area contributed by atoms with Crippen LogP contribution in [0, 0.1) is 6.92 Å². The molecular weight excluding hydrogens is 332 g/mol. The number of nitrogens with two attached hydrogens (primary N) is 1. The Hall–Kier alpha value is -2.80. The SMILES string of the molecule is CCNC(=NCc1ccc(C(N)=O)cc1)NCC(C)(O)c1ccc(C)o1. The van der Waals surface area contributed by atoms with Gasteiger partial charge in [-0.05, 0) is 50.6 Å². The summed E-state index contributed by atoms with van der Waals surface area (Å²) in [5.74, 6) is 1.38. The number of benzene rings is 1. The van der Waals surface area contributed by atoms with E-state index < -0.39 is 11.5 Å². The van der Waals surface area contributed by atoms with Gasteiger partial charge in [-0.25, -0.2) is 4.99 Å². The molecule has 0 fully saturated rings. The minimum atomic E-state index is -1.16. The van der Waals surface area contributed by atoms with Crippen LogP contribution in [0.4, 0.5) is 0 Å². The summed E-state index contributed by atoms with van der Waals surface area (Å²) in [6.07, 6.45) is 0. The number of aliphatic hydroxyl groups is 1. The van der Waals surface area contributed by atoms with Gasteiger partial charge in [0.15, 0.2) is 5.96 Å². The third-order valence-corrected chi connectivity index (χ3v) is 3.87. The lowest BCUT2D eigenvalue weighted by atomic mass is 10.0. The second-order valence-corrected chi connectivity index (χ2v) is 6.29. The number of nitrogens with zero attached hydrogens (tertiary/aromatic N) is 1. The van der Waals surface area contributed by atoms with Crippen molar-refractivity contribution < 1.29 is 14.3 Å². The van der Waals surface area contributed by atoms with Crippen LogP contribution in [-0.4, -0.2) is 30.1 Å². The summed E-state index contributed by atoms with van der Waals surface area (Å²) in [7, 11) is 0. The largest absolute Gasteiger partial charge is 0.463 e. The fourth-order valence-corrected chi connectivity index (χ4v) is 2.35. The molecule has 0 aliphatic heterocycles. The van der Waals surface area contributed by atoms with Crippen LogP contribution in [0.5, 0.6) is 0 Å². The quantitative estimate of drug-likeness (QED) is 0.444. The van der Waals surface area contributed by atoms with E-state index in [9.17, 15) is 9.90 Å². The second-order valence-electron chi connectivity index (χ2n) is 6.29. The van der Waals surface area contributed by atoms with E-state index >= 15 is 0 Å². The van der Waals surface area contributed by atoms with Gasteiger partial charge in [0.05, 0.1) is 13.1 Å². The Morgan fingerprint density at radius 2 is 1.92 bits per heavy atom. The molecule has 1 unspecified atom stereocenters. The lowest BCUT2D eigenvalue weighted by Gasteiger charge is -2.22. The minimum Gasteiger partial charge on any atom is -0.463 e. The number of aliphatic imine (C=N–C) groups is 1. The monoisotopic (exact) mass is 358 g/mol. The van der Waals surface area contributed by atoms with Gasteiger partial charge in [0.1, 0.15) is 17.1 Å². The molecule has 0 bridgehead atoms. The Morgan fingerprint density at radius 1 is 1.23 bits per heavy atom. The van der Waals surface area contributed by atoms with Crippen molar-refractivity contribution >= 4 is 11.9 Å². The van der Waals surface area contributed by atoms with E-state index in [0.717, 1.165) is 11.3 Å². The topological polar surface area (TPSA) is 113 Å². The summed E-state index contributed by atoms with van der Waals surface area (Å²) in [6.45, 7) is 6.84. The predicted octanol–water partition coefficient (Wildman–Crippen LogP) is 1.65. The van der Waals surface area contributed by atoms with Crippen molar-refractivity contribution in [1.29, 1.82) is 0 Å². The van der Waals surface area contributed by atoms with Gasteiger partial charge in [0.2, 0.25) is 5.91 Å². The van der Waals surface area contributed by atoms with Crippen LogP contribution < -0.4 is 16.4 Å². The Bertz CT molecular complexity index is 763. The third kappa shape index (κ3) is 5.35. The molecule has 0 spiro atoms. The zero-order valence-electron chi connectivity index (χ0n) is 15.4. The average molecular weight is 358 g/mol. The van der Waals surface area contributed by atoms with Crippen molar-refractivity contribution in [2.45, 2.75) is 32.9 Å². The summed E-state index contributed by atoms with van der Waals surface area (Å²) in [6, 6.07) is 10.6. The molecule has 1 aromatic heterocycles. The van der Waals surface area contributed by atoms with E-state index in [4.69, 9.17) is 10.2 Å². The van der Waals surface area contributed by atoms with Gasteiger partial charge in [-0.3, -0.25) is 4.79 Å². The molecule has 1 atom stereocenters. The highest BCUT2D eigenvalue weighted by Crippen LogP contribution is 2.21. The van der Waals surface area contributed by atoms with Crippen LogP contribution in [0.15, 0.2) is 45.8 Å². The van der Waals surface area contributed by atoms with Crippen LogP contribution in [0.1, 0.15) is 41.3 Å². The molecule has 0 aliphatic rings. The number of furan rings is 1. The number of amides is 1. The smallest absolute Gasteiger partial charge is 0.248 e. The van der Waals surface area contributed by atoms with E-state index in [1.807, 2.05) is 32.0 Å². The fraction of sp³-hybridized carbons (Fsp3) is 0.368. The zero-order chi connectivity index (χ0) is 19.2. The highest BCUT2D eigenvalue weighted by atomic mass is 16.4. The van der Waals surface area contributed by atoms with Crippen LogP contribution >= 0.6 is 0 Å². The van der Waals surface area contributed by atoms with Gasteiger partial charge in [-0.2, -0.15) is 0 Å². The number of hydrogen-bond acceptors (Lipinski definition) is 4. The molecule has 0 aliphatic carbocycles. The molecule has 7 nitrogen and oxygen atoms in total. The fourth-order valence-electron chi connectivity index (χ4n) is 2.35. The first-order valence-electron chi connectivity index (χ1n) is 8.52. The Labute approximate surface area is 153 Å². The maximum Gasteiger partial charge on any atom is 0.248 e. The number of aryl methyl sites for hydroxylation is 1. The number of nitrogens with one attached hydrogen (secondary N) is 2. The summed E-state index contributed by atoms with van der Waals surface area (Å²) in [5, 5.41) is 16.9. The molecular formula is C19H26N4O3. The van der Waals surface area contributed by atoms with E-state index in [1.54, 1.807) is 25.1 Å². The average Bonchev–Trinajstić information content (AvgIpc) is 3.05. The van der Waals surface area contributed by atoms with E-state index in [0.29, 0.717) is 30.4 Å². The highest BCUT2D eigenvalue weighted by Gasteiger charge is 2.27. The van der Waals surface area contributed by atoms with E-state index in [-0.39, 0.29) is 6.54 Å². The van der Waals surface area contributed by atoms with Crippen LogP contribution in [0.2, 0.25) is 0 Å². The number of guanidine groups is 1. The number of rotatable bonds is 7. The summed E-state index contributed by atoms with van der Waals surface area (Å²) < 4.78 is 5.51. The lowest BCUT2D eigenvalue weighted by molar-refractivity contribution is 0.0378. The maximum atomic E-state index is 11.1. The number of hydrogen-bond donors (Lipinski definition) is 4. The molecule has 1 heterocycles. The second kappa shape index (κ2) is 8.53. The van der Waals surface area contributed by atoms with Gasteiger partial charge in [-0.15, -0.1) is 0 Å². The normalized spacial score (nSPS) is 13.9. The van der Waals surface area contributed by atoms with Gasteiger partial charge in [-0.1, -0.05) is 12.1 Å². The van der Waals surface area contributed by atoms with Crippen molar-refractivity contribution in [3.05, 3.63) is 59.0 Å². The molecule has 26 heavy (non-hydrogen) atoms. The highest BCUT2D eigenvalue weighted by molar-refractivity contribution is 5.92. The first-order valence-corrected chi connectivity index (χ1v) is 8.52. The van der Waals surface area contributed by atoms with E-state index in [2.05, 4.69) is 15.6 Å². The van der Waals surface area contributed by atoms with Crippen molar-refractivity contribution in [3.63, 3.8) is 0 Å². The van der Waals surface area contributed by atoms with Crippen molar-refractivity contribution in [2.75, 3.05) is 13.1 Å². The molecule has 1 amide bonds. The Morgan fingerprint density at radius 3 is 2.46 bits per heavy atom. The summed E-state index contributed by atoms with van der Waals surface area (Å²) >= 11 is 0. The summed E-state index contributed by atoms with van der Waals surface area (Å²) in [4.78, 5) is 15.6. The molecule has 140 valence electrons. The zero-order valence-corrected chi connectivity index (χ0v) is 15.4. The first-order chi connectivity index (χ1) is 12.3. The Balaban J connectivity index is 2.00. The molecule has 2 rings (SSSR count). The number of carbonyl (C=O) groups excluding carboxylic acids is 1. The number of primary amides is 1. The molecule has 2 aromatic rings. The standard InChI is InChI=1S/C19H26N4O3/c1-4-21-18(22-11-14-6-8-15(9-7-14)17(20)24)23-12-19(3,25)16-10-5-13(2)26-16/h5-10,25H,4,11-12H2,1-3H3,(H2,20,24)(H2,21,22,23). The van der Waals surface area contributed by atoms with Crippen molar-refractivity contribution in [3.8, 4) is 0 Å².